The van der Waals surface area contributed by atoms with E-state index >= 15 is 0 Å². The monoisotopic (exact) mass is 367 g/mol. The van der Waals surface area contributed by atoms with Crippen LogP contribution < -0.4 is 27.4 Å². The second kappa shape index (κ2) is 7.87. The molecular formula is C17H17N7O3. The predicted molar refractivity (Wildman–Crippen MR) is 98.5 cm³/mol. The van der Waals surface area contributed by atoms with Gasteiger partial charge >= 0.3 is 5.91 Å². The van der Waals surface area contributed by atoms with Gasteiger partial charge in [0.15, 0.2) is 17.4 Å². The van der Waals surface area contributed by atoms with Crippen LogP contribution >= 0.6 is 0 Å². The minimum Gasteiger partial charge on any atom is -0.459 e. The van der Waals surface area contributed by atoms with Crippen molar-refractivity contribution in [1.82, 2.24) is 20.8 Å². The minimum atomic E-state index is -0.500. The van der Waals surface area contributed by atoms with Gasteiger partial charge in [-0.15, -0.1) is 0 Å². The fraction of sp³-hybridized carbons (Fsp3) is 0.0588. The summed E-state index contributed by atoms with van der Waals surface area (Å²) in [4.78, 5) is 31.9. The van der Waals surface area contributed by atoms with Gasteiger partial charge in [-0.3, -0.25) is 31.3 Å². The smallest absolute Gasteiger partial charge is 0.305 e. The molecule has 0 atom stereocenters. The van der Waals surface area contributed by atoms with E-state index in [2.05, 4.69) is 31.7 Å². The summed E-state index contributed by atoms with van der Waals surface area (Å²) in [7, 11) is 0. The summed E-state index contributed by atoms with van der Waals surface area (Å²) in [6.45, 7) is 1.93. The van der Waals surface area contributed by atoms with E-state index in [1.807, 2.05) is 19.1 Å². The number of aromatic nitrogens is 2. The molecule has 0 spiro atoms. The quantitative estimate of drug-likeness (QED) is 0.412. The SMILES string of the molecule is Cc1ccc(C(=O)NNc2ncnc(NNC(=O)c3ccco3)c2N)cc1. The Bertz CT molecular complexity index is 940. The van der Waals surface area contributed by atoms with E-state index in [-0.39, 0.29) is 29.0 Å². The Hall–Kier alpha value is -4.08. The van der Waals surface area contributed by atoms with Crippen LogP contribution in [0.15, 0.2) is 53.4 Å². The summed E-state index contributed by atoms with van der Waals surface area (Å²) in [5, 5.41) is 0. The number of hydrogen-bond donors (Lipinski definition) is 5. The predicted octanol–water partition coefficient (Wildman–Crippen LogP) is 1.47. The van der Waals surface area contributed by atoms with Crippen LogP contribution in [0, 0.1) is 6.92 Å². The summed E-state index contributed by atoms with van der Waals surface area (Å²) < 4.78 is 4.98. The largest absolute Gasteiger partial charge is 0.459 e. The van der Waals surface area contributed by atoms with Crippen molar-refractivity contribution >= 4 is 29.1 Å². The summed E-state index contributed by atoms with van der Waals surface area (Å²) in [6.07, 6.45) is 2.60. The first-order valence-corrected chi connectivity index (χ1v) is 7.88. The maximum absolute atomic E-state index is 12.1. The van der Waals surface area contributed by atoms with Crippen molar-refractivity contribution in [3.8, 4) is 0 Å². The Kier molecular flexibility index (Phi) is 5.17. The lowest BCUT2D eigenvalue weighted by Gasteiger charge is -2.13. The third-order valence-electron chi connectivity index (χ3n) is 3.53. The highest BCUT2D eigenvalue weighted by atomic mass is 16.3. The zero-order valence-electron chi connectivity index (χ0n) is 14.3. The molecule has 0 saturated carbocycles. The normalized spacial score (nSPS) is 10.1. The van der Waals surface area contributed by atoms with Gasteiger partial charge in [-0.1, -0.05) is 17.7 Å². The van der Waals surface area contributed by atoms with Crippen LogP contribution in [-0.4, -0.2) is 21.8 Å². The molecule has 0 fully saturated rings. The molecule has 2 heterocycles. The second-order valence-corrected chi connectivity index (χ2v) is 5.49. The molecule has 0 aliphatic heterocycles. The third-order valence-corrected chi connectivity index (χ3v) is 3.53. The number of aryl methyl sites for hydroxylation is 1. The van der Waals surface area contributed by atoms with Gasteiger partial charge in [-0.25, -0.2) is 9.97 Å². The molecule has 0 unspecified atom stereocenters. The molecule has 0 bridgehead atoms. The molecule has 27 heavy (non-hydrogen) atoms. The van der Waals surface area contributed by atoms with Crippen molar-refractivity contribution in [1.29, 1.82) is 0 Å². The van der Waals surface area contributed by atoms with Crippen molar-refractivity contribution in [2.75, 3.05) is 16.6 Å². The van der Waals surface area contributed by atoms with Crippen LogP contribution in [-0.2, 0) is 0 Å². The number of benzene rings is 1. The van der Waals surface area contributed by atoms with Crippen LogP contribution in [0.2, 0.25) is 0 Å². The number of anilines is 3. The van der Waals surface area contributed by atoms with Crippen LogP contribution in [0.4, 0.5) is 17.3 Å². The first-order chi connectivity index (χ1) is 13.0. The molecule has 3 aromatic rings. The number of rotatable bonds is 6. The van der Waals surface area contributed by atoms with Gasteiger partial charge in [-0.2, -0.15) is 0 Å². The highest BCUT2D eigenvalue weighted by Crippen LogP contribution is 2.21. The van der Waals surface area contributed by atoms with Gasteiger partial charge in [0, 0.05) is 5.56 Å². The highest BCUT2D eigenvalue weighted by Gasteiger charge is 2.12. The Morgan fingerprint density at radius 2 is 1.59 bits per heavy atom. The topological polar surface area (TPSA) is 147 Å². The molecule has 10 heteroatoms. The summed E-state index contributed by atoms with van der Waals surface area (Å²) in [5.41, 5.74) is 17.7. The lowest BCUT2D eigenvalue weighted by molar-refractivity contribution is 0.0933. The van der Waals surface area contributed by atoms with Gasteiger partial charge in [-0.05, 0) is 31.2 Å². The van der Waals surface area contributed by atoms with Crippen molar-refractivity contribution in [3.63, 3.8) is 0 Å². The Balaban J connectivity index is 1.61. The number of nitrogens with one attached hydrogen (secondary N) is 4. The van der Waals surface area contributed by atoms with Crippen LogP contribution in [0.5, 0.6) is 0 Å². The standard InChI is InChI=1S/C17H17N7O3/c1-10-4-6-11(7-5-10)16(25)23-21-14-13(18)15(20-9-19-14)22-24-17(26)12-3-2-8-27-12/h2-9H,18H2,1H3,(H,23,25)(H,24,26)(H2,19,20,21,22). The molecule has 2 aromatic heterocycles. The van der Waals surface area contributed by atoms with Gasteiger partial charge < -0.3 is 10.2 Å². The lowest BCUT2D eigenvalue weighted by atomic mass is 10.1. The molecule has 2 amide bonds. The van der Waals surface area contributed by atoms with E-state index in [4.69, 9.17) is 10.2 Å². The van der Waals surface area contributed by atoms with Crippen molar-refractivity contribution < 1.29 is 14.0 Å². The Morgan fingerprint density at radius 3 is 2.19 bits per heavy atom. The average Bonchev–Trinajstić information content (AvgIpc) is 3.21. The molecule has 138 valence electrons. The average molecular weight is 367 g/mol. The van der Waals surface area contributed by atoms with Crippen LogP contribution in [0.1, 0.15) is 26.5 Å². The minimum absolute atomic E-state index is 0.0986. The number of hydrazine groups is 2. The van der Waals surface area contributed by atoms with Crippen LogP contribution in [0.25, 0.3) is 0 Å². The number of nitrogens with zero attached hydrogens (tertiary/aromatic N) is 2. The Morgan fingerprint density at radius 1 is 0.963 bits per heavy atom. The molecule has 0 radical (unpaired) electrons. The van der Waals surface area contributed by atoms with Crippen molar-refractivity contribution in [2.45, 2.75) is 6.92 Å². The van der Waals surface area contributed by atoms with E-state index in [0.717, 1.165) is 5.56 Å². The number of carbonyl (C=O) groups is 2. The number of nitrogens with two attached hydrogens (primary N) is 1. The van der Waals surface area contributed by atoms with Gasteiger partial charge in [0.05, 0.1) is 6.26 Å². The van der Waals surface area contributed by atoms with E-state index < -0.39 is 5.91 Å². The van der Waals surface area contributed by atoms with E-state index in [1.54, 1.807) is 18.2 Å². The second-order valence-electron chi connectivity index (χ2n) is 5.49. The molecule has 0 aliphatic carbocycles. The van der Waals surface area contributed by atoms with Crippen molar-refractivity contribution in [3.05, 3.63) is 65.9 Å². The van der Waals surface area contributed by atoms with Gasteiger partial charge in [0.1, 0.15) is 12.0 Å². The molecule has 3 rings (SSSR count). The highest BCUT2D eigenvalue weighted by molar-refractivity contribution is 5.95. The number of hydrogen-bond acceptors (Lipinski definition) is 8. The molecule has 0 saturated heterocycles. The maximum Gasteiger partial charge on any atom is 0.305 e. The lowest BCUT2D eigenvalue weighted by Crippen LogP contribution is -2.32. The first-order valence-electron chi connectivity index (χ1n) is 7.88. The van der Waals surface area contributed by atoms with Crippen LogP contribution in [0.3, 0.4) is 0 Å². The number of amides is 2. The number of carbonyl (C=O) groups excluding carboxylic acids is 2. The summed E-state index contributed by atoms with van der Waals surface area (Å²) in [6, 6.07) is 10.2. The zero-order valence-corrected chi connectivity index (χ0v) is 14.3. The number of nitrogen functional groups attached to an aromatic ring is 1. The molecule has 0 aliphatic rings. The zero-order chi connectivity index (χ0) is 19.2. The molecule has 6 N–H and O–H groups in total. The molecule has 1 aromatic carbocycles. The first kappa shape index (κ1) is 17.7. The summed E-state index contributed by atoms with van der Waals surface area (Å²) in [5.74, 6) is -0.412. The molecular weight excluding hydrogens is 350 g/mol. The number of furan rings is 1. The van der Waals surface area contributed by atoms with Gasteiger partial charge in [0.2, 0.25) is 0 Å². The molecule has 10 nitrogen and oxygen atoms in total. The fourth-order valence-corrected chi connectivity index (χ4v) is 2.07. The van der Waals surface area contributed by atoms with E-state index in [0.29, 0.717) is 5.56 Å². The fourth-order valence-electron chi connectivity index (χ4n) is 2.07. The maximum atomic E-state index is 12.1. The summed E-state index contributed by atoms with van der Waals surface area (Å²) >= 11 is 0. The van der Waals surface area contributed by atoms with E-state index in [1.165, 1.54) is 18.7 Å². The van der Waals surface area contributed by atoms with Crippen molar-refractivity contribution in [2.24, 2.45) is 0 Å². The Labute approximate surface area is 154 Å². The third kappa shape index (κ3) is 4.31. The van der Waals surface area contributed by atoms with Gasteiger partial charge in [0.25, 0.3) is 5.91 Å². The van der Waals surface area contributed by atoms with E-state index in [9.17, 15) is 9.59 Å².